The molecule has 4 aromatic rings. The third-order valence-corrected chi connectivity index (χ3v) is 7.09. The van der Waals surface area contributed by atoms with Gasteiger partial charge in [-0.25, -0.2) is 0 Å². The van der Waals surface area contributed by atoms with Crippen LogP contribution < -0.4 is 10.1 Å². The van der Waals surface area contributed by atoms with Crippen LogP contribution in [0, 0.1) is 6.92 Å². The van der Waals surface area contributed by atoms with E-state index in [2.05, 4.69) is 15.5 Å². The maximum absolute atomic E-state index is 13.2. The number of anilines is 1. The number of carbonyl (C=O) groups is 1. The van der Waals surface area contributed by atoms with Crippen molar-refractivity contribution >= 4 is 67.1 Å². The number of halogens is 2. The SMILES string of the molecule is CCOc1ccc(NC(=O)c2cc3ccccc3c(N=Nc3cc(C)cc(Cl)c3S(=O)(=O)O)c2O)c(Cl)c1. The Balaban J connectivity index is 1.80. The average Bonchev–Trinajstić information content (AvgIpc) is 2.83. The molecule has 9 nitrogen and oxygen atoms in total. The topological polar surface area (TPSA) is 138 Å². The van der Waals surface area contributed by atoms with E-state index in [-0.39, 0.29) is 27.0 Å². The molecule has 0 aliphatic rings. The largest absolute Gasteiger partial charge is 0.505 e. The minimum Gasteiger partial charge on any atom is -0.505 e. The number of amides is 1. The molecule has 0 aromatic heterocycles. The summed E-state index contributed by atoms with van der Waals surface area (Å²) < 4.78 is 38.9. The molecule has 0 radical (unpaired) electrons. The maximum Gasteiger partial charge on any atom is 0.298 e. The van der Waals surface area contributed by atoms with E-state index in [1.807, 2.05) is 6.92 Å². The average molecular weight is 574 g/mol. The highest BCUT2D eigenvalue weighted by molar-refractivity contribution is 7.86. The highest BCUT2D eigenvalue weighted by Crippen LogP contribution is 2.41. The van der Waals surface area contributed by atoms with Crippen LogP contribution in [0.5, 0.6) is 11.5 Å². The van der Waals surface area contributed by atoms with Crippen LogP contribution >= 0.6 is 23.2 Å². The van der Waals surface area contributed by atoms with Gasteiger partial charge in [0.25, 0.3) is 16.0 Å². The highest BCUT2D eigenvalue weighted by atomic mass is 35.5. The van der Waals surface area contributed by atoms with Gasteiger partial charge in [0.15, 0.2) is 5.75 Å². The lowest BCUT2D eigenvalue weighted by molar-refractivity contribution is 0.102. The Morgan fingerprint density at radius 2 is 1.76 bits per heavy atom. The van der Waals surface area contributed by atoms with Gasteiger partial charge >= 0.3 is 0 Å². The summed E-state index contributed by atoms with van der Waals surface area (Å²) in [4.78, 5) is 12.6. The number of phenolic OH excluding ortho intramolecular Hbond substituents is 1. The summed E-state index contributed by atoms with van der Waals surface area (Å²) in [6, 6.07) is 15.8. The van der Waals surface area contributed by atoms with Gasteiger partial charge in [-0.1, -0.05) is 47.5 Å². The van der Waals surface area contributed by atoms with E-state index in [4.69, 9.17) is 27.9 Å². The fourth-order valence-corrected chi connectivity index (χ4v) is 5.23. The predicted octanol–water partition coefficient (Wildman–Crippen LogP) is 7.47. The second-order valence-corrected chi connectivity index (χ2v) is 10.3. The van der Waals surface area contributed by atoms with Gasteiger partial charge in [0.2, 0.25) is 0 Å². The van der Waals surface area contributed by atoms with Gasteiger partial charge < -0.3 is 15.2 Å². The lowest BCUT2D eigenvalue weighted by Gasteiger charge is -2.13. The number of phenols is 1. The van der Waals surface area contributed by atoms with E-state index in [1.165, 1.54) is 18.2 Å². The number of aryl methyl sites for hydroxylation is 1. The number of azo groups is 1. The van der Waals surface area contributed by atoms with Crippen molar-refractivity contribution in [1.82, 2.24) is 0 Å². The van der Waals surface area contributed by atoms with Gasteiger partial charge in [-0.3, -0.25) is 9.35 Å². The minimum absolute atomic E-state index is 0.0926. The number of ether oxygens (including phenoxy) is 1. The van der Waals surface area contributed by atoms with E-state index < -0.39 is 26.7 Å². The summed E-state index contributed by atoms with van der Waals surface area (Å²) in [5, 5.41) is 22.8. The zero-order valence-corrected chi connectivity index (χ0v) is 22.4. The second-order valence-electron chi connectivity index (χ2n) is 8.14. The first-order valence-corrected chi connectivity index (χ1v) is 13.4. The molecule has 12 heteroatoms. The van der Waals surface area contributed by atoms with Crippen LogP contribution in [0.15, 0.2) is 75.8 Å². The molecular weight excluding hydrogens is 553 g/mol. The van der Waals surface area contributed by atoms with Crippen molar-refractivity contribution in [2.75, 3.05) is 11.9 Å². The van der Waals surface area contributed by atoms with Crippen LogP contribution in [0.2, 0.25) is 10.0 Å². The number of nitrogens with zero attached hydrogens (tertiary/aromatic N) is 2. The van der Waals surface area contributed by atoms with Gasteiger partial charge in [0.05, 0.1) is 27.9 Å². The number of hydrogen-bond acceptors (Lipinski definition) is 7. The second kappa shape index (κ2) is 11.0. The summed E-state index contributed by atoms with van der Waals surface area (Å²) in [6.45, 7) is 3.94. The van der Waals surface area contributed by atoms with Crippen LogP contribution in [0.3, 0.4) is 0 Å². The van der Waals surface area contributed by atoms with Crippen LogP contribution in [0.25, 0.3) is 10.8 Å². The van der Waals surface area contributed by atoms with Crippen molar-refractivity contribution in [3.05, 3.63) is 81.8 Å². The van der Waals surface area contributed by atoms with Gasteiger partial charge in [-0.05, 0) is 55.1 Å². The Hall–Kier alpha value is -3.70. The molecule has 0 aliphatic heterocycles. The Kier molecular flexibility index (Phi) is 7.89. The molecule has 0 bridgehead atoms. The first kappa shape index (κ1) is 27.3. The van der Waals surface area contributed by atoms with E-state index in [1.54, 1.807) is 49.4 Å². The number of nitrogens with one attached hydrogen (secondary N) is 1. The van der Waals surface area contributed by atoms with E-state index in [0.29, 0.717) is 34.4 Å². The molecule has 4 rings (SSSR count). The number of carbonyl (C=O) groups excluding carboxylic acids is 1. The standard InChI is InChI=1S/C26H21Cl2N3O6S/c1-3-37-16-8-9-21(19(27)13-16)29-26(33)18-12-15-6-4-5-7-17(15)23(24(18)32)31-30-22-11-14(2)10-20(28)25(22)38(34,35)36/h4-13,32H,3H2,1-2H3,(H,29,33)(H,34,35,36). The molecule has 196 valence electrons. The Labute approximate surface area is 228 Å². The monoisotopic (exact) mass is 573 g/mol. The van der Waals surface area contributed by atoms with E-state index >= 15 is 0 Å². The highest BCUT2D eigenvalue weighted by Gasteiger charge is 2.22. The molecule has 38 heavy (non-hydrogen) atoms. The van der Waals surface area contributed by atoms with E-state index in [0.717, 1.165) is 0 Å². The summed E-state index contributed by atoms with van der Waals surface area (Å²) in [6.07, 6.45) is 0. The summed E-state index contributed by atoms with van der Waals surface area (Å²) in [7, 11) is -4.74. The molecule has 0 heterocycles. The third kappa shape index (κ3) is 5.73. The molecule has 0 atom stereocenters. The van der Waals surface area contributed by atoms with Gasteiger partial charge in [0.1, 0.15) is 22.0 Å². The van der Waals surface area contributed by atoms with Gasteiger partial charge in [-0.2, -0.15) is 8.42 Å². The summed E-state index contributed by atoms with van der Waals surface area (Å²) in [5.74, 6) is -0.639. The zero-order valence-electron chi connectivity index (χ0n) is 20.1. The van der Waals surface area contributed by atoms with Crippen LogP contribution in [-0.2, 0) is 10.1 Å². The smallest absolute Gasteiger partial charge is 0.298 e. The van der Waals surface area contributed by atoms with Crippen molar-refractivity contribution in [2.45, 2.75) is 18.7 Å². The Morgan fingerprint density at radius 1 is 1.03 bits per heavy atom. The van der Waals surface area contributed by atoms with Crippen molar-refractivity contribution in [3.8, 4) is 11.5 Å². The fourth-order valence-electron chi connectivity index (χ4n) is 3.78. The van der Waals surface area contributed by atoms with Crippen LogP contribution in [0.4, 0.5) is 17.1 Å². The minimum atomic E-state index is -4.74. The first-order valence-electron chi connectivity index (χ1n) is 11.2. The maximum atomic E-state index is 13.2. The molecule has 1 amide bonds. The molecule has 0 fully saturated rings. The number of rotatable bonds is 7. The fraction of sp³-hybridized carbons (Fsp3) is 0.115. The summed E-state index contributed by atoms with van der Waals surface area (Å²) >= 11 is 12.3. The first-order chi connectivity index (χ1) is 18.0. The molecular formula is C26H21Cl2N3O6S. The lowest BCUT2D eigenvalue weighted by atomic mass is 10.0. The predicted molar refractivity (Wildman–Crippen MR) is 146 cm³/mol. The Morgan fingerprint density at radius 3 is 2.45 bits per heavy atom. The number of fused-ring (bicyclic) bond motifs is 1. The molecule has 0 unspecified atom stereocenters. The molecule has 0 aliphatic carbocycles. The van der Waals surface area contributed by atoms with E-state index in [9.17, 15) is 22.9 Å². The zero-order chi connectivity index (χ0) is 27.6. The summed E-state index contributed by atoms with van der Waals surface area (Å²) in [5.41, 5.74) is 0.399. The lowest BCUT2D eigenvalue weighted by Crippen LogP contribution is -2.12. The third-order valence-electron chi connectivity index (χ3n) is 5.42. The molecule has 0 saturated carbocycles. The van der Waals surface area contributed by atoms with Crippen molar-refractivity contribution in [1.29, 1.82) is 0 Å². The normalized spacial score (nSPS) is 11.7. The van der Waals surface area contributed by atoms with Gasteiger partial charge in [-0.15, -0.1) is 10.2 Å². The quantitative estimate of drug-likeness (QED) is 0.155. The number of hydrogen-bond donors (Lipinski definition) is 3. The molecule has 0 spiro atoms. The van der Waals surface area contributed by atoms with Crippen LogP contribution in [-0.4, -0.2) is 30.6 Å². The van der Waals surface area contributed by atoms with Gasteiger partial charge in [0, 0.05) is 11.5 Å². The number of benzene rings is 4. The van der Waals surface area contributed by atoms with Crippen molar-refractivity contribution < 1.29 is 27.6 Å². The van der Waals surface area contributed by atoms with Crippen molar-refractivity contribution in [3.63, 3.8) is 0 Å². The Bertz CT molecular complexity index is 1710. The molecule has 3 N–H and O–H groups in total. The molecule has 0 saturated heterocycles. The van der Waals surface area contributed by atoms with Crippen molar-refractivity contribution in [2.24, 2.45) is 10.2 Å². The molecule has 4 aromatic carbocycles. The number of aromatic hydroxyl groups is 1. The van der Waals surface area contributed by atoms with Crippen LogP contribution in [0.1, 0.15) is 22.8 Å².